The van der Waals surface area contributed by atoms with Crippen molar-refractivity contribution in [1.82, 2.24) is 10.6 Å². The largest absolute Gasteiger partial charge is 0.497 e. The smallest absolute Gasteiger partial charge is 0.191 e. The van der Waals surface area contributed by atoms with Crippen LogP contribution in [0.5, 0.6) is 11.5 Å². The van der Waals surface area contributed by atoms with E-state index in [-0.39, 0.29) is 0 Å². The van der Waals surface area contributed by atoms with Crippen LogP contribution in [0.1, 0.15) is 24.0 Å². The van der Waals surface area contributed by atoms with Gasteiger partial charge in [0.05, 0.1) is 14.2 Å². The molecule has 1 saturated heterocycles. The summed E-state index contributed by atoms with van der Waals surface area (Å²) < 4.78 is 10.8. The molecule has 0 atom stereocenters. The third-order valence-electron chi connectivity index (χ3n) is 5.55. The number of anilines is 1. The lowest BCUT2D eigenvalue weighted by molar-refractivity contribution is 0.393. The summed E-state index contributed by atoms with van der Waals surface area (Å²) >= 11 is 0. The Balaban J connectivity index is 1.47. The van der Waals surface area contributed by atoms with Crippen LogP contribution in [-0.2, 0) is 6.42 Å². The Labute approximate surface area is 180 Å². The highest BCUT2D eigenvalue weighted by atomic mass is 16.5. The summed E-state index contributed by atoms with van der Waals surface area (Å²) in [6.07, 6.45) is 3.09. The summed E-state index contributed by atoms with van der Waals surface area (Å²) in [7, 11) is 5.21. The SMILES string of the molecule is CN=C(NCCc1cccc(C)c1)NC1CCN(c2cc(OC)cc(OC)c2)CC1. The lowest BCUT2D eigenvalue weighted by Crippen LogP contribution is -2.49. The molecule has 0 radical (unpaired) electrons. The van der Waals surface area contributed by atoms with Crippen LogP contribution in [0.2, 0.25) is 0 Å². The minimum atomic E-state index is 0.416. The Hall–Kier alpha value is -2.89. The molecular formula is C24H34N4O2. The second kappa shape index (κ2) is 10.8. The fraction of sp³-hybridized carbons (Fsp3) is 0.458. The molecule has 0 saturated carbocycles. The lowest BCUT2D eigenvalue weighted by atomic mass is 10.0. The zero-order chi connectivity index (χ0) is 21.3. The van der Waals surface area contributed by atoms with Crippen molar-refractivity contribution in [2.75, 3.05) is 45.8 Å². The van der Waals surface area contributed by atoms with Gasteiger partial charge in [0.15, 0.2) is 5.96 Å². The Bertz CT molecular complexity index is 823. The van der Waals surface area contributed by atoms with E-state index in [9.17, 15) is 0 Å². The average Bonchev–Trinajstić information content (AvgIpc) is 2.78. The third kappa shape index (κ3) is 6.05. The third-order valence-corrected chi connectivity index (χ3v) is 5.55. The molecule has 3 rings (SSSR count). The molecule has 2 aromatic carbocycles. The maximum Gasteiger partial charge on any atom is 0.191 e. The van der Waals surface area contributed by atoms with Gasteiger partial charge in [-0.1, -0.05) is 29.8 Å². The zero-order valence-corrected chi connectivity index (χ0v) is 18.6. The summed E-state index contributed by atoms with van der Waals surface area (Å²) in [5, 5.41) is 7.03. The van der Waals surface area contributed by atoms with Crippen LogP contribution in [0.25, 0.3) is 0 Å². The van der Waals surface area contributed by atoms with Gasteiger partial charge in [-0.05, 0) is 31.7 Å². The van der Waals surface area contributed by atoms with E-state index in [0.29, 0.717) is 6.04 Å². The van der Waals surface area contributed by atoms with Gasteiger partial charge in [0.2, 0.25) is 0 Å². The Morgan fingerprint density at radius 2 is 1.77 bits per heavy atom. The van der Waals surface area contributed by atoms with Gasteiger partial charge in [-0.25, -0.2) is 0 Å². The van der Waals surface area contributed by atoms with E-state index in [0.717, 1.165) is 62.0 Å². The van der Waals surface area contributed by atoms with E-state index in [2.05, 4.69) is 63.8 Å². The summed E-state index contributed by atoms with van der Waals surface area (Å²) in [4.78, 5) is 6.79. The Kier molecular flexibility index (Phi) is 7.82. The van der Waals surface area contributed by atoms with Gasteiger partial charge in [-0.15, -0.1) is 0 Å². The second-order valence-corrected chi connectivity index (χ2v) is 7.71. The molecule has 6 heteroatoms. The number of hydrogen-bond acceptors (Lipinski definition) is 4. The number of rotatable bonds is 7. The van der Waals surface area contributed by atoms with Gasteiger partial charge < -0.3 is 25.0 Å². The highest BCUT2D eigenvalue weighted by Crippen LogP contribution is 2.30. The maximum absolute atomic E-state index is 5.41. The van der Waals surface area contributed by atoms with Crippen molar-refractivity contribution in [3.8, 4) is 11.5 Å². The van der Waals surface area contributed by atoms with Crippen LogP contribution in [0, 0.1) is 6.92 Å². The standard InChI is InChI=1S/C24H34N4O2/c1-18-6-5-7-19(14-18)8-11-26-24(25-2)27-20-9-12-28(13-10-20)21-15-22(29-3)17-23(16-21)30-4/h5-7,14-17,20H,8-13H2,1-4H3,(H2,25,26,27). The molecule has 0 unspecified atom stereocenters. The number of nitrogens with one attached hydrogen (secondary N) is 2. The number of piperidine rings is 1. The predicted molar refractivity (Wildman–Crippen MR) is 124 cm³/mol. The molecule has 1 aliphatic heterocycles. The van der Waals surface area contributed by atoms with Crippen LogP contribution >= 0.6 is 0 Å². The molecule has 0 amide bonds. The molecule has 2 N–H and O–H groups in total. The molecule has 0 aromatic heterocycles. The van der Waals surface area contributed by atoms with Crippen LogP contribution in [0.15, 0.2) is 47.5 Å². The normalized spacial score (nSPS) is 15.1. The number of ether oxygens (including phenoxy) is 2. The van der Waals surface area contributed by atoms with Crippen LogP contribution < -0.4 is 25.0 Å². The van der Waals surface area contributed by atoms with E-state index in [4.69, 9.17) is 9.47 Å². The second-order valence-electron chi connectivity index (χ2n) is 7.71. The van der Waals surface area contributed by atoms with E-state index >= 15 is 0 Å². The number of nitrogens with zero attached hydrogens (tertiary/aromatic N) is 2. The molecule has 162 valence electrons. The summed E-state index contributed by atoms with van der Waals surface area (Å²) in [5.41, 5.74) is 3.79. The van der Waals surface area contributed by atoms with Crippen LogP contribution in [-0.4, -0.2) is 52.9 Å². The van der Waals surface area contributed by atoms with Gasteiger partial charge in [0.1, 0.15) is 11.5 Å². The molecule has 0 bridgehead atoms. The first-order valence-electron chi connectivity index (χ1n) is 10.6. The van der Waals surface area contributed by atoms with Crippen LogP contribution in [0.3, 0.4) is 0 Å². The number of aliphatic imine (C=N–C) groups is 1. The zero-order valence-electron chi connectivity index (χ0n) is 18.6. The van der Waals surface area contributed by atoms with Crippen molar-refractivity contribution in [2.45, 2.75) is 32.2 Å². The number of hydrogen-bond donors (Lipinski definition) is 2. The fourth-order valence-corrected chi connectivity index (χ4v) is 3.84. The number of benzene rings is 2. The minimum absolute atomic E-state index is 0.416. The first kappa shape index (κ1) is 21.8. The van der Waals surface area contributed by atoms with Gasteiger partial charge >= 0.3 is 0 Å². The van der Waals surface area contributed by atoms with Gasteiger partial charge in [-0.2, -0.15) is 0 Å². The van der Waals surface area contributed by atoms with Crippen molar-refractivity contribution in [2.24, 2.45) is 4.99 Å². The first-order chi connectivity index (χ1) is 14.6. The maximum atomic E-state index is 5.41. The minimum Gasteiger partial charge on any atom is -0.497 e. The molecular weight excluding hydrogens is 376 g/mol. The molecule has 30 heavy (non-hydrogen) atoms. The number of aryl methyl sites for hydroxylation is 1. The highest BCUT2D eigenvalue weighted by Gasteiger charge is 2.21. The van der Waals surface area contributed by atoms with Crippen molar-refractivity contribution in [1.29, 1.82) is 0 Å². The summed E-state index contributed by atoms with van der Waals surface area (Å²) in [6, 6.07) is 15.1. The van der Waals surface area contributed by atoms with Crippen molar-refractivity contribution < 1.29 is 9.47 Å². The predicted octanol–water partition coefficient (Wildman–Crippen LogP) is 3.39. The molecule has 0 aliphatic carbocycles. The monoisotopic (exact) mass is 410 g/mol. The van der Waals surface area contributed by atoms with Gasteiger partial charge in [0, 0.05) is 56.6 Å². The van der Waals surface area contributed by atoms with E-state index in [1.807, 2.05) is 13.1 Å². The van der Waals surface area contributed by atoms with Crippen molar-refractivity contribution in [3.63, 3.8) is 0 Å². The molecule has 1 fully saturated rings. The Morgan fingerprint density at radius 1 is 1.07 bits per heavy atom. The number of guanidine groups is 1. The summed E-state index contributed by atoms with van der Waals surface area (Å²) in [5.74, 6) is 2.52. The number of methoxy groups -OCH3 is 2. The van der Waals surface area contributed by atoms with Crippen molar-refractivity contribution >= 4 is 11.6 Å². The topological polar surface area (TPSA) is 58.1 Å². The molecule has 6 nitrogen and oxygen atoms in total. The van der Waals surface area contributed by atoms with E-state index < -0.39 is 0 Å². The molecule has 1 heterocycles. The van der Waals surface area contributed by atoms with Crippen LogP contribution in [0.4, 0.5) is 5.69 Å². The quantitative estimate of drug-likeness (QED) is 0.541. The molecule has 1 aliphatic rings. The van der Waals surface area contributed by atoms with E-state index in [1.165, 1.54) is 11.1 Å². The van der Waals surface area contributed by atoms with E-state index in [1.54, 1.807) is 14.2 Å². The fourth-order valence-electron chi connectivity index (χ4n) is 3.84. The summed E-state index contributed by atoms with van der Waals surface area (Å²) in [6.45, 7) is 4.96. The van der Waals surface area contributed by atoms with Gasteiger partial charge in [-0.3, -0.25) is 4.99 Å². The lowest BCUT2D eigenvalue weighted by Gasteiger charge is -2.34. The molecule has 2 aromatic rings. The van der Waals surface area contributed by atoms with Gasteiger partial charge in [0.25, 0.3) is 0 Å². The highest BCUT2D eigenvalue weighted by molar-refractivity contribution is 5.80. The Morgan fingerprint density at radius 3 is 2.37 bits per heavy atom. The average molecular weight is 411 g/mol. The van der Waals surface area contributed by atoms with Crippen molar-refractivity contribution in [3.05, 3.63) is 53.6 Å². The molecule has 0 spiro atoms. The first-order valence-corrected chi connectivity index (χ1v) is 10.6.